The first-order chi connectivity index (χ1) is 11.2. The second-order valence-corrected chi connectivity index (χ2v) is 6.22. The predicted molar refractivity (Wildman–Crippen MR) is 87.9 cm³/mol. The number of nitrogens with one attached hydrogen (secondary N) is 2. The molecule has 1 heterocycles. The molecule has 1 fully saturated rings. The summed E-state index contributed by atoms with van der Waals surface area (Å²) in [5, 5.41) is 3.83. The monoisotopic (exact) mass is 318 g/mol. The molecule has 1 aliphatic carbocycles. The molecule has 23 heavy (non-hydrogen) atoms. The Bertz CT molecular complexity index is 662. The van der Waals surface area contributed by atoms with Gasteiger partial charge in [-0.2, -0.15) is 0 Å². The minimum absolute atomic E-state index is 0.235. The quantitative estimate of drug-likeness (QED) is 0.808. The molecule has 1 aromatic heterocycles. The first-order valence-corrected chi connectivity index (χ1v) is 8.41. The maximum atomic E-state index is 13.3. The van der Waals surface area contributed by atoms with Crippen molar-refractivity contribution in [2.24, 2.45) is 0 Å². The van der Waals surface area contributed by atoms with Crippen LogP contribution >= 0.6 is 0 Å². The van der Waals surface area contributed by atoms with Gasteiger partial charge in [0.2, 0.25) is 0 Å². The van der Waals surface area contributed by atoms with Crippen LogP contribution in [-0.2, 0) is 11.2 Å². The number of hydrogen-bond donors (Lipinski definition) is 2. The van der Waals surface area contributed by atoms with Crippen LogP contribution in [0, 0.1) is 5.82 Å². The molecule has 2 aromatic rings. The van der Waals surface area contributed by atoms with Gasteiger partial charge in [0.25, 0.3) is 0 Å². The number of aryl methyl sites for hydroxylation is 1. The van der Waals surface area contributed by atoms with Gasteiger partial charge in [-0.3, -0.25) is 0 Å². The molecule has 1 saturated carbocycles. The first kappa shape index (κ1) is 15.8. The number of carbonyl (C=O) groups excluding carboxylic acids is 1. The summed E-state index contributed by atoms with van der Waals surface area (Å²) in [6.07, 6.45) is 8.78. The van der Waals surface area contributed by atoms with E-state index in [1.807, 2.05) is 6.20 Å². The van der Waals surface area contributed by atoms with Gasteiger partial charge >= 0.3 is 6.09 Å². The SMILES string of the molecule is O=C(NC1CCCCC1)OCCCc1c[nH]c2ccc(F)cc12. The normalized spacial score (nSPS) is 15.7. The maximum absolute atomic E-state index is 13.3. The molecule has 0 unspecified atom stereocenters. The van der Waals surface area contributed by atoms with Crippen LogP contribution in [0.25, 0.3) is 10.9 Å². The van der Waals surface area contributed by atoms with Crippen LogP contribution in [0.15, 0.2) is 24.4 Å². The van der Waals surface area contributed by atoms with Gasteiger partial charge in [0.1, 0.15) is 5.82 Å². The third-order valence-corrected chi connectivity index (χ3v) is 4.48. The lowest BCUT2D eigenvalue weighted by atomic mass is 9.96. The summed E-state index contributed by atoms with van der Waals surface area (Å²) in [5.41, 5.74) is 1.98. The summed E-state index contributed by atoms with van der Waals surface area (Å²) in [6, 6.07) is 4.99. The molecule has 124 valence electrons. The van der Waals surface area contributed by atoms with Gasteiger partial charge in [0.05, 0.1) is 6.61 Å². The average Bonchev–Trinajstić information content (AvgIpc) is 2.95. The number of benzene rings is 1. The summed E-state index contributed by atoms with van der Waals surface area (Å²) >= 11 is 0. The number of hydrogen-bond acceptors (Lipinski definition) is 2. The van der Waals surface area contributed by atoms with Crippen molar-refractivity contribution in [2.75, 3.05) is 6.61 Å². The van der Waals surface area contributed by atoms with E-state index >= 15 is 0 Å². The molecule has 4 nitrogen and oxygen atoms in total. The Morgan fingerprint density at radius 2 is 2.13 bits per heavy atom. The molecule has 0 radical (unpaired) electrons. The highest BCUT2D eigenvalue weighted by Gasteiger charge is 2.16. The minimum Gasteiger partial charge on any atom is -0.450 e. The molecule has 1 aliphatic rings. The lowest BCUT2D eigenvalue weighted by molar-refractivity contribution is 0.138. The Balaban J connectivity index is 1.42. The number of ether oxygens (including phenoxy) is 1. The standard InChI is InChI=1S/C18H23FN2O2/c19-14-8-9-17-16(11-14)13(12-20-17)5-4-10-23-18(22)21-15-6-2-1-3-7-15/h8-9,11-12,15,20H,1-7,10H2,(H,21,22). The van der Waals surface area contributed by atoms with Gasteiger partial charge in [-0.1, -0.05) is 19.3 Å². The van der Waals surface area contributed by atoms with Gasteiger partial charge in [0, 0.05) is 23.1 Å². The fourth-order valence-electron chi connectivity index (χ4n) is 3.24. The van der Waals surface area contributed by atoms with Crippen LogP contribution < -0.4 is 5.32 Å². The highest BCUT2D eigenvalue weighted by Crippen LogP contribution is 2.21. The molecular formula is C18H23FN2O2. The molecule has 0 atom stereocenters. The number of carbonyl (C=O) groups is 1. The van der Waals surface area contributed by atoms with Crippen LogP contribution in [0.2, 0.25) is 0 Å². The van der Waals surface area contributed by atoms with Crippen molar-refractivity contribution in [1.29, 1.82) is 0 Å². The molecule has 3 rings (SSSR count). The predicted octanol–water partition coefficient (Wildman–Crippen LogP) is 4.30. The van der Waals surface area contributed by atoms with Gasteiger partial charge in [0.15, 0.2) is 0 Å². The zero-order valence-corrected chi connectivity index (χ0v) is 13.2. The summed E-state index contributed by atoms with van der Waals surface area (Å²) in [7, 11) is 0. The van der Waals surface area contributed by atoms with E-state index in [9.17, 15) is 9.18 Å². The number of halogens is 1. The highest BCUT2D eigenvalue weighted by atomic mass is 19.1. The summed E-state index contributed by atoms with van der Waals surface area (Å²) in [5.74, 6) is -0.235. The molecule has 5 heteroatoms. The Labute approximate surface area is 135 Å². The van der Waals surface area contributed by atoms with E-state index in [-0.39, 0.29) is 18.0 Å². The highest BCUT2D eigenvalue weighted by molar-refractivity contribution is 5.83. The van der Waals surface area contributed by atoms with E-state index < -0.39 is 0 Å². The number of H-pyrrole nitrogens is 1. The molecule has 1 amide bonds. The van der Waals surface area contributed by atoms with Gasteiger partial charge in [-0.15, -0.1) is 0 Å². The third-order valence-electron chi connectivity index (χ3n) is 4.48. The van der Waals surface area contributed by atoms with Crippen molar-refractivity contribution in [2.45, 2.75) is 51.0 Å². The van der Waals surface area contributed by atoms with Crippen molar-refractivity contribution in [3.05, 3.63) is 35.8 Å². The molecule has 0 saturated heterocycles. The average molecular weight is 318 g/mol. The zero-order valence-electron chi connectivity index (χ0n) is 13.2. The van der Waals surface area contributed by atoms with Crippen LogP contribution in [0.4, 0.5) is 9.18 Å². The van der Waals surface area contributed by atoms with Crippen LogP contribution in [0.5, 0.6) is 0 Å². The van der Waals surface area contributed by atoms with E-state index in [2.05, 4.69) is 10.3 Å². The molecule has 0 spiro atoms. The molecular weight excluding hydrogens is 295 g/mol. The molecule has 1 aromatic carbocycles. The fourth-order valence-corrected chi connectivity index (χ4v) is 3.24. The Kier molecular flexibility index (Phi) is 5.16. The van der Waals surface area contributed by atoms with E-state index in [1.54, 1.807) is 6.07 Å². The molecule has 2 N–H and O–H groups in total. The minimum atomic E-state index is -0.318. The Hall–Kier alpha value is -2.04. The van der Waals surface area contributed by atoms with Gasteiger partial charge < -0.3 is 15.0 Å². The summed E-state index contributed by atoms with van der Waals surface area (Å²) in [4.78, 5) is 14.9. The van der Waals surface area contributed by atoms with Crippen molar-refractivity contribution in [1.82, 2.24) is 10.3 Å². The lowest BCUT2D eigenvalue weighted by Gasteiger charge is -2.22. The Morgan fingerprint density at radius 1 is 1.30 bits per heavy atom. The number of amides is 1. The maximum Gasteiger partial charge on any atom is 0.407 e. The van der Waals surface area contributed by atoms with Crippen LogP contribution in [-0.4, -0.2) is 23.7 Å². The molecule has 0 bridgehead atoms. The number of rotatable bonds is 5. The van der Waals surface area contributed by atoms with Gasteiger partial charge in [-0.05, 0) is 49.4 Å². The second kappa shape index (κ2) is 7.49. The van der Waals surface area contributed by atoms with Crippen molar-refractivity contribution >= 4 is 17.0 Å². The third kappa shape index (κ3) is 4.24. The second-order valence-electron chi connectivity index (χ2n) is 6.22. The van der Waals surface area contributed by atoms with Crippen molar-refractivity contribution in [3.8, 4) is 0 Å². The van der Waals surface area contributed by atoms with Crippen molar-refractivity contribution in [3.63, 3.8) is 0 Å². The van der Waals surface area contributed by atoms with Crippen molar-refractivity contribution < 1.29 is 13.9 Å². The largest absolute Gasteiger partial charge is 0.450 e. The Morgan fingerprint density at radius 3 is 2.96 bits per heavy atom. The smallest absolute Gasteiger partial charge is 0.407 e. The summed E-state index contributed by atoms with van der Waals surface area (Å²) < 4.78 is 18.6. The zero-order chi connectivity index (χ0) is 16.1. The number of fused-ring (bicyclic) bond motifs is 1. The van der Waals surface area contributed by atoms with Crippen LogP contribution in [0.3, 0.4) is 0 Å². The van der Waals surface area contributed by atoms with E-state index in [4.69, 9.17) is 4.74 Å². The molecule has 0 aliphatic heterocycles. The number of alkyl carbamates (subject to hydrolysis) is 1. The lowest BCUT2D eigenvalue weighted by Crippen LogP contribution is -2.36. The van der Waals surface area contributed by atoms with Gasteiger partial charge in [-0.25, -0.2) is 9.18 Å². The fraction of sp³-hybridized carbons (Fsp3) is 0.500. The topological polar surface area (TPSA) is 54.1 Å². The van der Waals surface area contributed by atoms with E-state index in [0.717, 1.165) is 42.1 Å². The summed E-state index contributed by atoms with van der Waals surface area (Å²) in [6.45, 7) is 0.376. The van der Waals surface area contributed by atoms with E-state index in [1.165, 1.54) is 31.4 Å². The van der Waals surface area contributed by atoms with E-state index in [0.29, 0.717) is 6.61 Å². The number of aromatic nitrogens is 1. The van der Waals surface area contributed by atoms with Crippen LogP contribution in [0.1, 0.15) is 44.1 Å². The first-order valence-electron chi connectivity index (χ1n) is 8.41. The number of aromatic amines is 1.